The molecule has 1 aromatic heterocycles. The normalized spacial score (nSPS) is 12.5. The largest absolute Gasteiger partial charge is 0.425 e. The molecule has 1 N–H and O–H groups in total. The zero-order valence-corrected chi connectivity index (χ0v) is 16.8. The molecule has 1 amide bonds. The molecule has 3 rings (SSSR count). The van der Waals surface area contributed by atoms with Crippen molar-refractivity contribution in [2.75, 3.05) is 13.6 Å². The number of hydrogen-bond donors (Lipinski definition) is 1. The van der Waals surface area contributed by atoms with Gasteiger partial charge in [-0.1, -0.05) is 48.5 Å². The van der Waals surface area contributed by atoms with Gasteiger partial charge in [-0.3, -0.25) is 4.79 Å². The average Bonchev–Trinajstić information content (AvgIpc) is 3.19. The molecular formula is C22H22F3N3O3. The van der Waals surface area contributed by atoms with Crippen LogP contribution in [0, 0.1) is 0 Å². The molecule has 9 heteroatoms. The predicted octanol–water partition coefficient (Wildman–Crippen LogP) is 3.80. The van der Waals surface area contributed by atoms with Crippen molar-refractivity contribution in [2.24, 2.45) is 0 Å². The van der Waals surface area contributed by atoms with Gasteiger partial charge in [0.25, 0.3) is 0 Å². The fourth-order valence-corrected chi connectivity index (χ4v) is 3.04. The minimum Gasteiger partial charge on any atom is -0.425 e. The molecule has 0 spiro atoms. The Morgan fingerprint density at radius 3 is 2.52 bits per heavy atom. The van der Waals surface area contributed by atoms with Gasteiger partial charge in [0.05, 0.1) is 24.6 Å². The second-order valence-corrected chi connectivity index (χ2v) is 7.17. The number of likely N-dealkylation sites (N-methyl/N-ethyl adjacent to an activating group) is 1. The Hall–Kier alpha value is -3.20. The van der Waals surface area contributed by atoms with Crippen LogP contribution in [0.5, 0.6) is 0 Å². The number of halogens is 3. The molecular weight excluding hydrogens is 411 g/mol. The Bertz CT molecular complexity index is 1010. The number of carbonyl (C=O) groups excluding carboxylic acids is 1. The van der Waals surface area contributed by atoms with E-state index in [0.29, 0.717) is 5.56 Å². The third kappa shape index (κ3) is 6.39. The average molecular weight is 433 g/mol. The number of rotatable bonds is 8. The SMILES string of the molecule is CN(C[C@@H](O)c1ccccc1)C(=O)CCc1nnc(Cc2cccc(C(F)(F)F)c2)o1. The molecule has 0 radical (unpaired) electrons. The highest BCUT2D eigenvalue weighted by Crippen LogP contribution is 2.30. The maximum absolute atomic E-state index is 12.8. The van der Waals surface area contributed by atoms with Gasteiger partial charge >= 0.3 is 6.18 Å². The summed E-state index contributed by atoms with van der Waals surface area (Å²) in [6.45, 7) is 0.146. The highest BCUT2D eigenvalue weighted by atomic mass is 19.4. The zero-order chi connectivity index (χ0) is 22.4. The number of nitrogens with zero attached hydrogens (tertiary/aromatic N) is 3. The van der Waals surface area contributed by atoms with Gasteiger partial charge in [-0.15, -0.1) is 10.2 Å². The van der Waals surface area contributed by atoms with Crippen LogP contribution in [0.1, 0.15) is 41.0 Å². The fourth-order valence-electron chi connectivity index (χ4n) is 3.04. The molecule has 0 fully saturated rings. The smallest absolute Gasteiger partial charge is 0.416 e. The summed E-state index contributed by atoms with van der Waals surface area (Å²) in [5.74, 6) is 0.203. The molecule has 0 saturated heterocycles. The van der Waals surface area contributed by atoms with Gasteiger partial charge in [0.2, 0.25) is 17.7 Å². The van der Waals surface area contributed by atoms with E-state index in [2.05, 4.69) is 10.2 Å². The molecule has 0 aliphatic carbocycles. The highest BCUT2D eigenvalue weighted by Gasteiger charge is 2.30. The summed E-state index contributed by atoms with van der Waals surface area (Å²) in [7, 11) is 1.60. The highest BCUT2D eigenvalue weighted by molar-refractivity contribution is 5.76. The van der Waals surface area contributed by atoms with Crippen LogP contribution < -0.4 is 0 Å². The van der Waals surface area contributed by atoms with Crippen molar-refractivity contribution in [3.8, 4) is 0 Å². The van der Waals surface area contributed by atoms with Gasteiger partial charge in [0, 0.05) is 19.9 Å². The Morgan fingerprint density at radius 1 is 1.10 bits per heavy atom. The standard InChI is InChI=1S/C22H22F3N3O3/c1-28(14-18(29)16-7-3-2-4-8-16)21(30)11-10-19-26-27-20(31-19)13-15-6-5-9-17(12-15)22(23,24)25/h2-9,12,18,29H,10-11,13-14H2,1H3/t18-/m1/s1. The van der Waals surface area contributed by atoms with Crippen molar-refractivity contribution < 1.29 is 27.5 Å². The summed E-state index contributed by atoms with van der Waals surface area (Å²) in [6.07, 6.45) is -4.86. The number of aliphatic hydroxyl groups is 1. The quantitative estimate of drug-likeness (QED) is 0.585. The molecule has 1 heterocycles. The lowest BCUT2D eigenvalue weighted by molar-refractivity contribution is -0.137. The molecule has 1 atom stereocenters. The lowest BCUT2D eigenvalue weighted by Crippen LogP contribution is -2.31. The van der Waals surface area contributed by atoms with Gasteiger partial charge in [-0.25, -0.2) is 0 Å². The third-order valence-corrected chi connectivity index (χ3v) is 4.73. The molecule has 3 aromatic rings. The van der Waals surface area contributed by atoms with Crippen LogP contribution in [-0.2, 0) is 23.8 Å². The van der Waals surface area contributed by atoms with Crippen molar-refractivity contribution >= 4 is 5.91 Å². The molecule has 0 unspecified atom stereocenters. The van der Waals surface area contributed by atoms with E-state index >= 15 is 0 Å². The van der Waals surface area contributed by atoms with Crippen LogP contribution in [-0.4, -0.2) is 39.7 Å². The minimum absolute atomic E-state index is 0.0635. The summed E-state index contributed by atoms with van der Waals surface area (Å²) < 4.78 is 43.9. The van der Waals surface area contributed by atoms with E-state index in [1.807, 2.05) is 18.2 Å². The number of aromatic nitrogens is 2. The zero-order valence-electron chi connectivity index (χ0n) is 16.8. The molecule has 0 saturated carbocycles. The molecule has 2 aromatic carbocycles. The van der Waals surface area contributed by atoms with Crippen molar-refractivity contribution in [3.63, 3.8) is 0 Å². The number of aryl methyl sites for hydroxylation is 1. The van der Waals surface area contributed by atoms with E-state index in [0.717, 1.165) is 17.7 Å². The van der Waals surface area contributed by atoms with Crippen LogP contribution in [0.3, 0.4) is 0 Å². The Balaban J connectivity index is 1.51. The second kappa shape index (κ2) is 9.74. The van der Waals surface area contributed by atoms with Gasteiger partial charge in [0.15, 0.2) is 0 Å². The van der Waals surface area contributed by atoms with Crippen LogP contribution in [0.15, 0.2) is 59.0 Å². The number of amides is 1. The van der Waals surface area contributed by atoms with Crippen molar-refractivity contribution in [1.29, 1.82) is 0 Å². The lowest BCUT2D eigenvalue weighted by atomic mass is 10.1. The number of hydrogen-bond acceptors (Lipinski definition) is 5. The van der Waals surface area contributed by atoms with E-state index in [1.165, 1.54) is 11.0 Å². The topological polar surface area (TPSA) is 79.5 Å². The number of carbonyl (C=O) groups is 1. The van der Waals surface area contributed by atoms with Gasteiger partial charge in [-0.2, -0.15) is 13.2 Å². The summed E-state index contributed by atoms with van der Waals surface area (Å²) in [4.78, 5) is 13.8. The van der Waals surface area contributed by atoms with Crippen molar-refractivity contribution in [1.82, 2.24) is 15.1 Å². The Morgan fingerprint density at radius 2 is 1.81 bits per heavy atom. The predicted molar refractivity (Wildman–Crippen MR) is 106 cm³/mol. The second-order valence-electron chi connectivity index (χ2n) is 7.17. The summed E-state index contributed by atoms with van der Waals surface area (Å²) in [5, 5.41) is 17.9. The first-order valence-electron chi connectivity index (χ1n) is 9.66. The third-order valence-electron chi connectivity index (χ3n) is 4.73. The van der Waals surface area contributed by atoms with E-state index in [4.69, 9.17) is 4.42 Å². The van der Waals surface area contributed by atoms with Crippen LogP contribution in [0.25, 0.3) is 0 Å². The Labute approximate surface area is 177 Å². The molecule has 0 aliphatic rings. The fraction of sp³-hybridized carbons (Fsp3) is 0.318. The van der Waals surface area contributed by atoms with E-state index in [1.54, 1.807) is 25.2 Å². The lowest BCUT2D eigenvalue weighted by Gasteiger charge is -2.21. The number of aliphatic hydroxyl groups excluding tert-OH is 1. The first-order valence-corrected chi connectivity index (χ1v) is 9.66. The van der Waals surface area contributed by atoms with Crippen molar-refractivity contribution in [3.05, 3.63) is 83.1 Å². The number of benzene rings is 2. The summed E-state index contributed by atoms with van der Waals surface area (Å²) in [6, 6.07) is 14.0. The van der Waals surface area contributed by atoms with E-state index < -0.39 is 17.8 Å². The molecule has 0 bridgehead atoms. The number of alkyl halides is 3. The van der Waals surface area contributed by atoms with Gasteiger partial charge in [-0.05, 0) is 17.2 Å². The van der Waals surface area contributed by atoms with Crippen LogP contribution in [0.4, 0.5) is 13.2 Å². The maximum Gasteiger partial charge on any atom is 0.416 e. The molecule has 31 heavy (non-hydrogen) atoms. The Kier molecular flexibility index (Phi) is 7.06. The van der Waals surface area contributed by atoms with Gasteiger partial charge < -0.3 is 14.4 Å². The van der Waals surface area contributed by atoms with E-state index in [9.17, 15) is 23.1 Å². The first-order chi connectivity index (χ1) is 14.7. The monoisotopic (exact) mass is 433 g/mol. The van der Waals surface area contributed by atoms with Crippen LogP contribution >= 0.6 is 0 Å². The van der Waals surface area contributed by atoms with E-state index in [-0.39, 0.29) is 43.5 Å². The molecule has 164 valence electrons. The summed E-state index contributed by atoms with van der Waals surface area (Å²) in [5.41, 5.74) is 0.380. The molecule has 0 aliphatic heterocycles. The maximum atomic E-state index is 12.8. The van der Waals surface area contributed by atoms with Crippen molar-refractivity contribution in [2.45, 2.75) is 31.5 Å². The van der Waals surface area contributed by atoms with Gasteiger partial charge in [0.1, 0.15) is 0 Å². The minimum atomic E-state index is -4.42. The van der Waals surface area contributed by atoms with Crippen LogP contribution in [0.2, 0.25) is 0 Å². The summed E-state index contributed by atoms with van der Waals surface area (Å²) >= 11 is 0. The molecule has 6 nitrogen and oxygen atoms in total. The first kappa shape index (κ1) is 22.5.